The molecule has 3 aromatic carbocycles. The van der Waals surface area contributed by atoms with Crippen molar-refractivity contribution in [3.8, 4) is 28.4 Å². The highest BCUT2D eigenvalue weighted by molar-refractivity contribution is 5.80. The number of ether oxygens (including phenoxy) is 3. The molecule has 4 rings (SSSR count). The molecule has 1 aliphatic carbocycles. The van der Waals surface area contributed by atoms with Crippen LogP contribution in [0.25, 0.3) is 11.1 Å². The monoisotopic (exact) mass is 505 g/mol. The number of benzene rings is 3. The van der Waals surface area contributed by atoms with E-state index in [1.165, 1.54) is 36.5 Å². The summed E-state index contributed by atoms with van der Waals surface area (Å²) in [6.45, 7) is 0.670. The maximum absolute atomic E-state index is 12.8. The Labute approximate surface area is 216 Å². The van der Waals surface area contributed by atoms with Crippen LogP contribution >= 0.6 is 0 Å². The van der Waals surface area contributed by atoms with Gasteiger partial charge in [0.15, 0.2) is 0 Å². The molecular formula is C29H31NO7. The maximum atomic E-state index is 12.8. The van der Waals surface area contributed by atoms with Gasteiger partial charge in [0.25, 0.3) is 0 Å². The zero-order valence-electron chi connectivity index (χ0n) is 21.0. The molecule has 3 aromatic rings. The van der Waals surface area contributed by atoms with Gasteiger partial charge in [-0.05, 0) is 35.1 Å². The van der Waals surface area contributed by atoms with Crippen LogP contribution in [-0.2, 0) is 20.8 Å². The minimum atomic E-state index is -0.826. The minimum Gasteiger partial charge on any atom is -0.496 e. The highest BCUT2D eigenvalue weighted by atomic mass is 16.7. The number of methoxy groups -OCH3 is 2. The van der Waals surface area contributed by atoms with Crippen LogP contribution in [-0.4, -0.2) is 44.4 Å². The molecule has 0 fully saturated rings. The molecule has 0 aliphatic heterocycles. The van der Waals surface area contributed by atoms with E-state index in [9.17, 15) is 9.59 Å². The molecule has 0 aromatic heterocycles. The van der Waals surface area contributed by atoms with Crippen LogP contribution in [0, 0.1) is 0 Å². The van der Waals surface area contributed by atoms with Crippen molar-refractivity contribution >= 4 is 11.9 Å². The fourth-order valence-corrected chi connectivity index (χ4v) is 4.63. The summed E-state index contributed by atoms with van der Waals surface area (Å²) >= 11 is 0. The first-order valence-corrected chi connectivity index (χ1v) is 12.2. The Morgan fingerprint density at radius 2 is 1.49 bits per heavy atom. The summed E-state index contributed by atoms with van der Waals surface area (Å²) in [6, 6.07) is 19.9. The SMILES string of the molecule is COc1cc(OCCCCC(=O)O)cc(OC)c1CC(=O)NOCC1c2ccccc2-c2ccccc21. The van der Waals surface area contributed by atoms with Gasteiger partial charge in [0.1, 0.15) is 17.2 Å². The van der Waals surface area contributed by atoms with E-state index < -0.39 is 5.97 Å². The second kappa shape index (κ2) is 12.3. The van der Waals surface area contributed by atoms with Gasteiger partial charge in [-0.25, -0.2) is 5.48 Å². The highest BCUT2D eigenvalue weighted by Gasteiger charge is 2.28. The van der Waals surface area contributed by atoms with E-state index in [-0.39, 0.29) is 24.7 Å². The third kappa shape index (κ3) is 6.21. The molecular weight excluding hydrogens is 474 g/mol. The van der Waals surface area contributed by atoms with Crippen molar-refractivity contribution in [2.75, 3.05) is 27.4 Å². The molecule has 37 heavy (non-hydrogen) atoms. The average molecular weight is 506 g/mol. The van der Waals surface area contributed by atoms with Crippen LogP contribution < -0.4 is 19.7 Å². The van der Waals surface area contributed by atoms with E-state index in [1.807, 2.05) is 24.3 Å². The lowest BCUT2D eigenvalue weighted by Crippen LogP contribution is -2.27. The predicted octanol–water partition coefficient (Wildman–Crippen LogP) is 4.74. The van der Waals surface area contributed by atoms with E-state index in [2.05, 4.69) is 29.7 Å². The molecule has 8 heteroatoms. The minimum absolute atomic E-state index is 0.0108. The molecule has 0 unspecified atom stereocenters. The first-order valence-electron chi connectivity index (χ1n) is 12.2. The fraction of sp³-hybridized carbons (Fsp3) is 0.310. The molecule has 0 atom stereocenters. The smallest absolute Gasteiger partial charge is 0.303 e. The van der Waals surface area contributed by atoms with Crippen LogP contribution in [0.4, 0.5) is 0 Å². The van der Waals surface area contributed by atoms with Crippen molar-refractivity contribution in [2.45, 2.75) is 31.6 Å². The van der Waals surface area contributed by atoms with Gasteiger partial charge in [-0.1, -0.05) is 48.5 Å². The van der Waals surface area contributed by atoms with Gasteiger partial charge in [0.2, 0.25) is 5.91 Å². The van der Waals surface area contributed by atoms with Crippen molar-refractivity contribution < 1.29 is 33.7 Å². The number of carbonyl (C=O) groups is 2. The van der Waals surface area contributed by atoms with Crippen LogP contribution in [0.3, 0.4) is 0 Å². The summed E-state index contributed by atoms with van der Waals surface area (Å²) in [5.41, 5.74) is 7.88. The lowest BCUT2D eigenvalue weighted by Gasteiger charge is -2.17. The van der Waals surface area contributed by atoms with Gasteiger partial charge < -0.3 is 19.3 Å². The molecule has 0 spiro atoms. The average Bonchev–Trinajstić information content (AvgIpc) is 3.22. The van der Waals surface area contributed by atoms with E-state index in [0.29, 0.717) is 48.9 Å². The molecule has 1 aliphatic rings. The number of fused-ring (bicyclic) bond motifs is 3. The lowest BCUT2D eigenvalue weighted by molar-refractivity contribution is -0.137. The van der Waals surface area contributed by atoms with Crippen molar-refractivity contribution in [3.63, 3.8) is 0 Å². The molecule has 8 nitrogen and oxygen atoms in total. The van der Waals surface area contributed by atoms with Crippen LogP contribution in [0.1, 0.15) is 41.9 Å². The number of aliphatic carboxylic acids is 1. The third-order valence-electron chi connectivity index (χ3n) is 6.37. The number of nitrogens with one attached hydrogen (secondary N) is 1. The van der Waals surface area contributed by atoms with Crippen LogP contribution in [0.2, 0.25) is 0 Å². The first-order chi connectivity index (χ1) is 18.0. The summed E-state index contributed by atoms with van der Waals surface area (Å²) in [4.78, 5) is 29.1. The number of hydrogen-bond donors (Lipinski definition) is 2. The Morgan fingerprint density at radius 1 is 0.892 bits per heavy atom. The van der Waals surface area contributed by atoms with E-state index in [0.717, 1.165) is 0 Å². The molecule has 0 saturated carbocycles. The standard InChI is InChI=1S/C29H31NO7/c1-34-26-15-19(36-14-8-7-13-29(32)33)16-27(35-2)24(26)17-28(31)30-37-18-25-22-11-5-3-9-20(22)21-10-4-6-12-23(21)25/h3-6,9-12,15-16,25H,7-8,13-14,17-18H2,1-2H3,(H,30,31)(H,32,33). The van der Waals surface area contributed by atoms with Gasteiger partial charge in [0, 0.05) is 30.0 Å². The number of carboxylic acid groups (broad SMARTS) is 1. The second-order valence-electron chi connectivity index (χ2n) is 8.75. The topological polar surface area (TPSA) is 103 Å². The molecule has 0 heterocycles. The Balaban J connectivity index is 1.36. The molecule has 194 valence electrons. The number of carbonyl (C=O) groups excluding carboxylic acids is 1. The van der Waals surface area contributed by atoms with Crippen molar-refractivity contribution in [3.05, 3.63) is 77.4 Å². The van der Waals surface area contributed by atoms with Crippen molar-refractivity contribution in [1.29, 1.82) is 0 Å². The molecule has 0 radical (unpaired) electrons. The number of rotatable bonds is 13. The normalized spacial score (nSPS) is 11.9. The Morgan fingerprint density at radius 3 is 2.05 bits per heavy atom. The first kappa shape index (κ1) is 26.0. The van der Waals surface area contributed by atoms with E-state index >= 15 is 0 Å². The molecule has 1 amide bonds. The summed E-state index contributed by atoms with van der Waals surface area (Å²) in [6.07, 6.45) is 1.23. The lowest BCUT2D eigenvalue weighted by atomic mass is 9.98. The van der Waals surface area contributed by atoms with Gasteiger partial charge >= 0.3 is 5.97 Å². The fourth-order valence-electron chi connectivity index (χ4n) is 4.63. The summed E-state index contributed by atoms with van der Waals surface area (Å²) in [5.74, 6) is 0.292. The number of amides is 1. The van der Waals surface area contributed by atoms with E-state index in [1.54, 1.807) is 12.1 Å². The summed E-state index contributed by atoms with van der Waals surface area (Å²) in [5, 5.41) is 8.74. The molecule has 2 N–H and O–H groups in total. The predicted molar refractivity (Wildman–Crippen MR) is 138 cm³/mol. The second-order valence-corrected chi connectivity index (χ2v) is 8.75. The summed E-state index contributed by atoms with van der Waals surface area (Å²) in [7, 11) is 3.02. The highest BCUT2D eigenvalue weighted by Crippen LogP contribution is 2.44. The number of hydrogen-bond acceptors (Lipinski definition) is 6. The van der Waals surface area contributed by atoms with Crippen molar-refractivity contribution in [1.82, 2.24) is 5.48 Å². The van der Waals surface area contributed by atoms with Gasteiger partial charge in [-0.2, -0.15) is 0 Å². The Bertz CT molecular complexity index is 1190. The zero-order valence-corrected chi connectivity index (χ0v) is 21.0. The van der Waals surface area contributed by atoms with Crippen molar-refractivity contribution in [2.24, 2.45) is 0 Å². The largest absolute Gasteiger partial charge is 0.496 e. The van der Waals surface area contributed by atoms with Gasteiger partial charge in [0.05, 0.1) is 33.9 Å². The summed E-state index contributed by atoms with van der Waals surface area (Å²) < 4.78 is 16.7. The Kier molecular flexibility index (Phi) is 8.64. The molecule has 0 saturated heterocycles. The number of hydroxylamine groups is 1. The third-order valence-corrected chi connectivity index (χ3v) is 6.37. The quantitative estimate of drug-likeness (QED) is 0.255. The van der Waals surface area contributed by atoms with Gasteiger partial charge in [-0.3, -0.25) is 14.4 Å². The van der Waals surface area contributed by atoms with E-state index in [4.69, 9.17) is 24.2 Å². The molecule has 0 bridgehead atoms. The van der Waals surface area contributed by atoms with Crippen LogP contribution in [0.15, 0.2) is 60.7 Å². The van der Waals surface area contributed by atoms with Crippen LogP contribution in [0.5, 0.6) is 17.2 Å². The zero-order chi connectivity index (χ0) is 26.2. The number of unbranched alkanes of at least 4 members (excludes halogenated alkanes) is 1. The van der Waals surface area contributed by atoms with Gasteiger partial charge in [-0.15, -0.1) is 0 Å². The number of carboxylic acids is 1. The Hall–Kier alpha value is -4.04. The maximum Gasteiger partial charge on any atom is 0.303 e.